The number of benzene rings is 2. The second kappa shape index (κ2) is 8.36. The van der Waals surface area contributed by atoms with Crippen LogP contribution in [0.3, 0.4) is 0 Å². The Labute approximate surface area is 201 Å². The lowest BCUT2D eigenvalue weighted by molar-refractivity contribution is 0.160. The second-order valence-corrected chi connectivity index (χ2v) is 10.2. The van der Waals surface area contributed by atoms with E-state index in [0.29, 0.717) is 27.4 Å². The van der Waals surface area contributed by atoms with Crippen LogP contribution in [0.15, 0.2) is 66.7 Å². The van der Waals surface area contributed by atoms with E-state index >= 15 is 0 Å². The van der Waals surface area contributed by atoms with Crippen molar-refractivity contribution < 1.29 is 14.3 Å². The van der Waals surface area contributed by atoms with Gasteiger partial charge in [0.1, 0.15) is 23.1 Å². The number of hydrogen-bond acceptors (Lipinski definition) is 8. The number of phenolic OH excluding ortho intramolecular Hbond substituents is 1. The van der Waals surface area contributed by atoms with Crippen molar-refractivity contribution in [2.75, 3.05) is 0 Å². The Morgan fingerprint density at radius 1 is 1.21 bits per heavy atom. The first-order valence-corrected chi connectivity index (χ1v) is 11.9. The van der Waals surface area contributed by atoms with Crippen molar-refractivity contribution in [1.29, 1.82) is 0 Å². The molecule has 3 aromatic rings. The molecule has 5 rings (SSSR count). The molecule has 7 nitrogen and oxygen atoms in total. The van der Waals surface area contributed by atoms with Gasteiger partial charge in [-0.15, -0.1) is 0 Å². The number of aliphatic imine (C=N–C) groups is 1. The number of fused-ring (bicyclic) bond motifs is 3. The SMILES string of the molecule is CC(C)c1cc(=O)oc2c(C3C=NNC(Sc4ccccc4)=N3)c(O)c3c(c12)OC(C)(C)C=C3. The van der Waals surface area contributed by atoms with E-state index in [-0.39, 0.29) is 17.3 Å². The van der Waals surface area contributed by atoms with Gasteiger partial charge in [-0.05, 0) is 49.6 Å². The molecule has 1 unspecified atom stereocenters. The van der Waals surface area contributed by atoms with E-state index in [9.17, 15) is 9.90 Å². The molecule has 0 spiro atoms. The van der Waals surface area contributed by atoms with Gasteiger partial charge in [0.25, 0.3) is 0 Å². The minimum atomic E-state index is -0.658. The Bertz CT molecular complexity index is 1420. The van der Waals surface area contributed by atoms with Gasteiger partial charge in [0.2, 0.25) is 0 Å². The van der Waals surface area contributed by atoms with Crippen LogP contribution in [-0.4, -0.2) is 22.1 Å². The van der Waals surface area contributed by atoms with Crippen LogP contribution < -0.4 is 15.8 Å². The molecule has 2 aromatic carbocycles. The Balaban J connectivity index is 1.75. The van der Waals surface area contributed by atoms with Gasteiger partial charge in [0.05, 0.1) is 22.7 Å². The van der Waals surface area contributed by atoms with Crippen LogP contribution >= 0.6 is 11.8 Å². The van der Waals surface area contributed by atoms with E-state index in [0.717, 1.165) is 10.5 Å². The van der Waals surface area contributed by atoms with E-state index in [1.54, 1.807) is 6.21 Å². The maximum Gasteiger partial charge on any atom is 0.336 e. The van der Waals surface area contributed by atoms with Crippen LogP contribution in [0.25, 0.3) is 17.0 Å². The lowest BCUT2D eigenvalue weighted by atomic mass is 9.90. The van der Waals surface area contributed by atoms with Crippen LogP contribution in [0.5, 0.6) is 11.5 Å². The molecule has 34 heavy (non-hydrogen) atoms. The number of nitrogens with one attached hydrogen (secondary N) is 1. The first-order chi connectivity index (χ1) is 16.2. The van der Waals surface area contributed by atoms with E-state index < -0.39 is 17.3 Å². The Morgan fingerprint density at radius 2 is 1.97 bits per heavy atom. The number of amidine groups is 1. The maximum atomic E-state index is 12.6. The predicted molar refractivity (Wildman–Crippen MR) is 136 cm³/mol. The van der Waals surface area contributed by atoms with E-state index in [1.807, 2.05) is 70.2 Å². The molecule has 0 saturated carbocycles. The average molecular weight is 476 g/mol. The Kier molecular flexibility index (Phi) is 5.48. The van der Waals surface area contributed by atoms with Gasteiger partial charge < -0.3 is 14.3 Å². The van der Waals surface area contributed by atoms with E-state index in [4.69, 9.17) is 14.1 Å². The third-order valence-corrected chi connectivity index (χ3v) is 6.64. The summed E-state index contributed by atoms with van der Waals surface area (Å²) < 4.78 is 12.0. The first kappa shape index (κ1) is 22.3. The summed E-state index contributed by atoms with van der Waals surface area (Å²) in [4.78, 5) is 18.3. The molecule has 0 saturated heterocycles. The lowest BCUT2D eigenvalue weighted by Crippen LogP contribution is -2.28. The van der Waals surface area contributed by atoms with Gasteiger partial charge in [0, 0.05) is 11.0 Å². The molecule has 2 aliphatic rings. The zero-order valence-electron chi connectivity index (χ0n) is 19.3. The molecule has 0 fully saturated rings. The summed E-state index contributed by atoms with van der Waals surface area (Å²) >= 11 is 1.43. The normalized spacial score (nSPS) is 18.4. The minimum absolute atomic E-state index is 0.0279. The zero-order chi connectivity index (χ0) is 24.0. The smallest absolute Gasteiger partial charge is 0.336 e. The number of hydrazone groups is 1. The monoisotopic (exact) mass is 475 g/mol. The summed E-state index contributed by atoms with van der Waals surface area (Å²) in [5.74, 6) is 0.495. The van der Waals surface area contributed by atoms with Crippen molar-refractivity contribution >= 4 is 40.2 Å². The maximum absolute atomic E-state index is 12.6. The standard InChI is InChI=1S/C26H25N3O4S/c1-14(2)17-12-19(30)32-24-20(17)23-16(10-11-26(3,4)33-23)22(31)21(24)18-13-27-29-25(28-18)34-15-8-6-5-7-9-15/h5-14,18,31H,1-4H3,(H,28,29). The fraction of sp³-hybridized carbons (Fsp3) is 0.269. The molecule has 1 atom stereocenters. The predicted octanol–water partition coefficient (Wildman–Crippen LogP) is 5.58. The number of nitrogens with zero attached hydrogens (tertiary/aromatic N) is 2. The van der Waals surface area contributed by atoms with Crippen molar-refractivity contribution in [3.05, 3.63) is 69.6 Å². The summed E-state index contributed by atoms with van der Waals surface area (Å²) in [5, 5.41) is 16.9. The average Bonchev–Trinajstić information content (AvgIpc) is 2.79. The van der Waals surface area contributed by atoms with Gasteiger partial charge in [-0.3, -0.25) is 5.43 Å². The summed E-state index contributed by atoms with van der Waals surface area (Å²) in [6.07, 6.45) is 5.35. The second-order valence-electron chi connectivity index (χ2n) is 9.11. The summed E-state index contributed by atoms with van der Waals surface area (Å²) in [6.45, 7) is 7.90. The highest BCUT2D eigenvalue weighted by Gasteiger charge is 2.33. The molecule has 2 N–H and O–H groups in total. The van der Waals surface area contributed by atoms with Crippen LogP contribution in [0.2, 0.25) is 0 Å². The quantitative estimate of drug-likeness (QED) is 0.480. The van der Waals surface area contributed by atoms with Gasteiger partial charge in [0.15, 0.2) is 10.8 Å². The molecule has 0 amide bonds. The van der Waals surface area contributed by atoms with Gasteiger partial charge in [-0.25, -0.2) is 9.79 Å². The van der Waals surface area contributed by atoms with Crippen LogP contribution in [0, 0.1) is 0 Å². The molecule has 0 radical (unpaired) electrons. The van der Waals surface area contributed by atoms with Gasteiger partial charge >= 0.3 is 5.63 Å². The molecule has 1 aromatic heterocycles. The van der Waals surface area contributed by atoms with Crippen molar-refractivity contribution in [2.24, 2.45) is 10.1 Å². The number of ether oxygens (including phenoxy) is 1. The van der Waals surface area contributed by atoms with Crippen LogP contribution in [-0.2, 0) is 0 Å². The summed E-state index contributed by atoms with van der Waals surface area (Å²) in [6, 6.07) is 10.6. The highest BCUT2D eigenvalue weighted by atomic mass is 32.2. The summed E-state index contributed by atoms with van der Waals surface area (Å²) in [5.41, 5.74) is 3.84. The number of rotatable bonds is 3. The fourth-order valence-corrected chi connectivity index (χ4v) is 4.92. The topological polar surface area (TPSA) is 96.4 Å². The number of aromatic hydroxyl groups is 1. The molecule has 8 heteroatoms. The van der Waals surface area contributed by atoms with Crippen LogP contribution in [0.1, 0.15) is 56.3 Å². The third kappa shape index (κ3) is 3.98. The van der Waals surface area contributed by atoms with Crippen LogP contribution in [0.4, 0.5) is 0 Å². The number of phenols is 1. The Morgan fingerprint density at radius 3 is 2.71 bits per heavy atom. The van der Waals surface area contributed by atoms with Crippen molar-refractivity contribution in [3.63, 3.8) is 0 Å². The van der Waals surface area contributed by atoms with Crippen molar-refractivity contribution in [2.45, 2.75) is 50.2 Å². The highest BCUT2D eigenvalue weighted by Crippen LogP contribution is 2.49. The molecule has 3 heterocycles. The van der Waals surface area contributed by atoms with Gasteiger partial charge in [-0.2, -0.15) is 5.10 Å². The fourth-order valence-electron chi connectivity index (χ4n) is 4.14. The minimum Gasteiger partial charge on any atom is -0.507 e. The van der Waals surface area contributed by atoms with Crippen molar-refractivity contribution in [1.82, 2.24) is 5.43 Å². The number of hydrogen-bond donors (Lipinski definition) is 2. The van der Waals surface area contributed by atoms with Crippen molar-refractivity contribution in [3.8, 4) is 11.5 Å². The molecule has 0 aliphatic carbocycles. The summed E-state index contributed by atoms with van der Waals surface area (Å²) in [7, 11) is 0. The molecule has 0 bridgehead atoms. The zero-order valence-corrected chi connectivity index (χ0v) is 20.1. The van der Waals surface area contributed by atoms with Gasteiger partial charge in [-0.1, -0.05) is 43.8 Å². The molecule has 2 aliphatic heterocycles. The Hall–Kier alpha value is -3.52. The lowest BCUT2D eigenvalue weighted by Gasteiger charge is -2.31. The largest absolute Gasteiger partial charge is 0.507 e. The molecule has 174 valence electrons. The van der Waals surface area contributed by atoms with E-state index in [1.165, 1.54) is 17.8 Å². The first-order valence-electron chi connectivity index (χ1n) is 11.1. The third-order valence-electron chi connectivity index (χ3n) is 5.74. The highest BCUT2D eigenvalue weighted by molar-refractivity contribution is 8.13. The van der Waals surface area contributed by atoms with E-state index in [2.05, 4.69) is 10.5 Å². The molecular weight excluding hydrogens is 450 g/mol. The number of thioether (sulfide) groups is 1. The molecular formula is C26H25N3O4S.